The Labute approximate surface area is 189 Å². The Bertz CT molecular complexity index is 1200. The number of benzene rings is 1. The predicted molar refractivity (Wildman–Crippen MR) is 125 cm³/mol. The van der Waals surface area contributed by atoms with Gasteiger partial charge in [0.05, 0.1) is 11.2 Å². The fourth-order valence-electron chi connectivity index (χ4n) is 4.19. The highest BCUT2D eigenvalue weighted by molar-refractivity contribution is 7.70. The number of fused-ring (bicyclic) bond motifs is 1. The van der Waals surface area contributed by atoms with E-state index < -0.39 is 18.9 Å². The number of nitrogens with zero attached hydrogens (tertiary/aromatic N) is 2. The number of nitrogens with one attached hydrogen (secondary N) is 2. The van der Waals surface area contributed by atoms with Gasteiger partial charge in [-0.1, -0.05) is 25.0 Å². The van der Waals surface area contributed by atoms with Crippen molar-refractivity contribution in [2.75, 3.05) is 25.7 Å². The Kier molecular flexibility index (Phi) is 7.29. The van der Waals surface area contributed by atoms with Crippen LogP contribution in [-0.2, 0) is 10.7 Å². The molecule has 0 aliphatic heterocycles. The molecule has 1 aliphatic carbocycles. The van der Waals surface area contributed by atoms with Crippen LogP contribution in [0.4, 0.5) is 19.1 Å². The summed E-state index contributed by atoms with van der Waals surface area (Å²) >= 11 is 0. The zero-order chi connectivity index (χ0) is 24.4. The number of aldehydes is 1. The van der Waals surface area contributed by atoms with Crippen molar-refractivity contribution in [1.29, 1.82) is 0 Å². The summed E-state index contributed by atoms with van der Waals surface area (Å²) in [5.74, 6) is 0.144. The van der Waals surface area contributed by atoms with Crippen LogP contribution in [0.1, 0.15) is 41.6 Å². The molecule has 4 N–H and O–H groups in total. The third-order valence-corrected chi connectivity index (χ3v) is 7.12. The lowest BCUT2D eigenvalue weighted by atomic mass is 10.0. The van der Waals surface area contributed by atoms with E-state index in [0.717, 1.165) is 31.9 Å². The molecule has 1 aliphatic rings. The smallest absolute Gasteiger partial charge is 0.360 e. The highest BCUT2D eigenvalue weighted by Crippen LogP contribution is 2.42. The van der Waals surface area contributed by atoms with Gasteiger partial charge in [-0.15, -0.1) is 0 Å². The summed E-state index contributed by atoms with van der Waals surface area (Å²) in [6.07, 6.45) is 2.12. The zero-order valence-electron chi connectivity index (χ0n) is 18.7. The van der Waals surface area contributed by atoms with Gasteiger partial charge in [0.25, 0.3) is 0 Å². The molecule has 0 atom stereocenters. The standard InChI is InChI=1S/C21H22F3N4O2P.CH5N/c1-31(2,30)19-12(11-29)7-8-14-15(9-25-18(14)19)17-16(21(22,23)24)10-26-20(28-17)27-13-5-3-4-6-13;1-2/h7-11,13,25H,3-6H2,1-2H3,(H,26,27,28);2H2,1H3. The van der Waals surface area contributed by atoms with Gasteiger partial charge in [0.1, 0.15) is 12.7 Å². The average Bonchev–Trinajstić information content (AvgIpc) is 3.42. The van der Waals surface area contributed by atoms with Crippen molar-refractivity contribution in [3.63, 3.8) is 0 Å². The molecule has 7 nitrogen and oxygen atoms in total. The predicted octanol–water partition coefficient (Wildman–Crippen LogP) is 4.63. The highest BCUT2D eigenvalue weighted by Gasteiger charge is 2.36. The van der Waals surface area contributed by atoms with Gasteiger partial charge in [0, 0.05) is 40.3 Å². The van der Waals surface area contributed by atoms with Crippen LogP contribution in [0, 0.1) is 0 Å². The maximum absolute atomic E-state index is 13.8. The molecular formula is C22H27F3N5O2P. The maximum atomic E-state index is 13.8. The molecule has 3 aromatic rings. The minimum Gasteiger partial charge on any atom is -0.360 e. The first-order valence-electron chi connectivity index (χ1n) is 10.5. The Balaban J connectivity index is 0.00000149. The number of carbonyl (C=O) groups excluding carboxylic acids is 1. The summed E-state index contributed by atoms with van der Waals surface area (Å²) in [7, 11) is -1.40. The van der Waals surface area contributed by atoms with Crippen LogP contribution in [0.25, 0.3) is 22.2 Å². The summed E-state index contributed by atoms with van der Waals surface area (Å²) in [6.45, 7) is 3.04. The van der Waals surface area contributed by atoms with Crippen molar-refractivity contribution in [2.24, 2.45) is 5.73 Å². The van der Waals surface area contributed by atoms with Gasteiger partial charge in [-0.3, -0.25) is 4.79 Å². The number of carbonyl (C=O) groups is 1. The molecule has 1 saturated carbocycles. The van der Waals surface area contributed by atoms with E-state index in [1.54, 1.807) is 6.07 Å². The average molecular weight is 481 g/mol. The van der Waals surface area contributed by atoms with E-state index in [1.165, 1.54) is 32.6 Å². The van der Waals surface area contributed by atoms with Crippen LogP contribution in [0.5, 0.6) is 0 Å². The molecular weight excluding hydrogens is 454 g/mol. The van der Waals surface area contributed by atoms with Crippen molar-refractivity contribution < 1.29 is 22.5 Å². The van der Waals surface area contributed by atoms with E-state index in [-0.39, 0.29) is 28.8 Å². The fourth-order valence-corrected chi connectivity index (χ4v) is 5.66. The second-order valence-corrected chi connectivity index (χ2v) is 11.3. The van der Waals surface area contributed by atoms with Crippen molar-refractivity contribution >= 4 is 35.6 Å². The lowest BCUT2D eigenvalue weighted by Gasteiger charge is -2.16. The van der Waals surface area contributed by atoms with Crippen LogP contribution >= 0.6 is 7.14 Å². The van der Waals surface area contributed by atoms with Gasteiger partial charge in [-0.25, -0.2) is 9.97 Å². The largest absolute Gasteiger partial charge is 0.419 e. The molecule has 33 heavy (non-hydrogen) atoms. The molecule has 11 heteroatoms. The van der Waals surface area contributed by atoms with Crippen LogP contribution in [0.3, 0.4) is 0 Å². The van der Waals surface area contributed by atoms with E-state index in [2.05, 4.69) is 26.0 Å². The van der Waals surface area contributed by atoms with Crippen LogP contribution in [0.15, 0.2) is 24.5 Å². The Morgan fingerprint density at radius 2 is 1.88 bits per heavy atom. The third-order valence-electron chi connectivity index (χ3n) is 5.56. The number of aromatic amines is 1. The first-order valence-corrected chi connectivity index (χ1v) is 13.1. The summed E-state index contributed by atoms with van der Waals surface area (Å²) in [4.78, 5) is 22.5. The SMILES string of the molecule is CN.CP(C)(=O)c1c(C=O)ccc2c(-c3nc(NC4CCCC4)ncc3C(F)(F)F)c[nH]c12. The molecule has 2 aromatic heterocycles. The summed E-state index contributed by atoms with van der Waals surface area (Å²) in [6, 6.07) is 3.17. The quantitative estimate of drug-likeness (QED) is 0.362. The first kappa shape index (κ1) is 24.9. The van der Waals surface area contributed by atoms with Gasteiger partial charge in [0.15, 0.2) is 6.29 Å². The summed E-state index contributed by atoms with van der Waals surface area (Å²) in [5, 5.41) is 3.87. The molecule has 1 fully saturated rings. The van der Waals surface area contributed by atoms with Crippen molar-refractivity contribution in [3.05, 3.63) is 35.7 Å². The van der Waals surface area contributed by atoms with Gasteiger partial charge in [-0.05, 0) is 33.2 Å². The van der Waals surface area contributed by atoms with Gasteiger partial charge in [0.2, 0.25) is 5.95 Å². The number of hydrogen-bond donors (Lipinski definition) is 3. The zero-order valence-corrected chi connectivity index (χ0v) is 19.6. The lowest BCUT2D eigenvalue weighted by molar-refractivity contribution is -0.137. The molecule has 0 radical (unpaired) electrons. The number of aromatic nitrogens is 3. The van der Waals surface area contributed by atoms with E-state index in [4.69, 9.17) is 0 Å². The minimum atomic E-state index is -4.65. The van der Waals surface area contributed by atoms with Crippen molar-refractivity contribution in [1.82, 2.24) is 15.0 Å². The number of rotatable bonds is 5. The molecule has 178 valence electrons. The lowest BCUT2D eigenvalue weighted by Crippen LogP contribution is -2.18. The molecule has 4 rings (SSSR count). The molecule has 0 unspecified atom stereocenters. The maximum Gasteiger partial charge on any atom is 0.419 e. The number of alkyl halides is 3. The number of H-pyrrole nitrogens is 1. The summed E-state index contributed by atoms with van der Waals surface area (Å²) < 4.78 is 54.1. The fraction of sp³-hybridized carbons (Fsp3) is 0.409. The first-order chi connectivity index (χ1) is 15.6. The van der Waals surface area contributed by atoms with E-state index >= 15 is 0 Å². The Morgan fingerprint density at radius 3 is 2.45 bits per heavy atom. The van der Waals surface area contributed by atoms with Crippen LogP contribution < -0.4 is 16.4 Å². The summed E-state index contributed by atoms with van der Waals surface area (Å²) in [5.41, 5.74) is 4.12. The monoisotopic (exact) mass is 481 g/mol. The van der Waals surface area contributed by atoms with E-state index in [9.17, 15) is 22.5 Å². The molecule has 0 spiro atoms. The molecule has 0 bridgehead atoms. The number of anilines is 1. The highest BCUT2D eigenvalue weighted by atomic mass is 31.2. The molecule has 0 amide bonds. The molecule has 1 aromatic carbocycles. The molecule has 2 heterocycles. The second-order valence-electron chi connectivity index (χ2n) is 8.18. The third kappa shape index (κ3) is 5.12. The van der Waals surface area contributed by atoms with E-state index in [1.807, 2.05) is 0 Å². The number of hydrogen-bond acceptors (Lipinski definition) is 6. The van der Waals surface area contributed by atoms with Gasteiger partial charge < -0.3 is 20.6 Å². The topological polar surface area (TPSA) is 114 Å². The molecule has 0 saturated heterocycles. The second kappa shape index (κ2) is 9.65. The van der Waals surface area contributed by atoms with Gasteiger partial charge >= 0.3 is 6.18 Å². The Hall–Kier alpha value is -2.71. The van der Waals surface area contributed by atoms with Crippen molar-refractivity contribution in [2.45, 2.75) is 37.9 Å². The minimum absolute atomic E-state index is 0.139. The Morgan fingerprint density at radius 1 is 1.21 bits per heavy atom. The van der Waals surface area contributed by atoms with Crippen LogP contribution in [-0.4, -0.2) is 47.7 Å². The number of halogens is 3. The van der Waals surface area contributed by atoms with Crippen molar-refractivity contribution in [3.8, 4) is 11.3 Å². The number of nitrogens with two attached hydrogens (primary N) is 1. The normalized spacial score (nSPS) is 14.8. The van der Waals surface area contributed by atoms with Gasteiger partial charge in [-0.2, -0.15) is 13.2 Å². The van der Waals surface area contributed by atoms with Crippen LogP contribution in [0.2, 0.25) is 0 Å². The van der Waals surface area contributed by atoms with E-state index in [0.29, 0.717) is 22.5 Å².